The number of nitrogens with one attached hydrogen (secondary N) is 1. The summed E-state index contributed by atoms with van der Waals surface area (Å²) in [6, 6.07) is 14.6. The van der Waals surface area contributed by atoms with E-state index in [4.69, 9.17) is 16.1 Å². The molecule has 0 saturated carbocycles. The highest BCUT2D eigenvalue weighted by Gasteiger charge is 2.12. The van der Waals surface area contributed by atoms with Crippen LogP contribution in [0.5, 0.6) is 0 Å². The van der Waals surface area contributed by atoms with Gasteiger partial charge in [0.05, 0.1) is 17.1 Å². The van der Waals surface area contributed by atoms with Crippen molar-refractivity contribution in [1.29, 1.82) is 0 Å². The zero-order valence-electron chi connectivity index (χ0n) is 12.4. The summed E-state index contributed by atoms with van der Waals surface area (Å²) in [7, 11) is 0. The van der Waals surface area contributed by atoms with Crippen LogP contribution in [-0.2, 0) is 6.54 Å². The minimum atomic E-state index is -0.280. The van der Waals surface area contributed by atoms with E-state index in [-0.39, 0.29) is 12.5 Å². The molecule has 116 valence electrons. The van der Waals surface area contributed by atoms with Crippen LogP contribution in [-0.4, -0.2) is 16.0 Å². The van der Waals surface area contributed by atoms with Crippen LogP contribution in [0.25, 0.3) is 11.5 Å². The van der Waals surface area contributed by atoms with Gasteiger partial charge in [-0.3, -0.25) is 4.79 Å². The lowest BCUT2D eigenvalue weighted by Gasteiger charge is -2.03. The molecule has 23 heavy (non-hydrogen) atoms. The Labute approximate surface area is 138 Å². The average Bonchev–Trinajstić information content (AvgIpc) is 3.02. The zero-order valence-corrected chi connectivity index (χ0v) is 13.2. The SMILES string of the molecule is Cc1cccc(-c2nc(CNC(=O)c3ccccc3Cl)no2)c1. The van der Waals surface area contributed by atoms with Gasteiger partial charge < -0.3 is 9.84 Å². The van der Waals surface area contributed by atoms with Crippen molar-refractivity contribution >= 4 is 17.5 Å². The van der Waals surface area contributed by atoms with Gasteiger partial charge in [0.25, 0.3) is 11.8 Å². The fraction of sp³-hybridized carbons (Fsp3) is 0.118. The molecule has 0 atom stereocenters. The number of benzene rings is 2. The fourth-order valence-electron chi connectivity index (χ4n) is 2.12. The second-order valence-electron chi connectivity index (χ2n) is 5.05. The van der Waals surface area contributed by atoms with Crippen LogP contribution in [0.15, 0.2) is 53.1 Å². The van der Waals surface area contributed by atoms with Gasteiger partial charge in [-0.15, -0.1) is 0 Å². The zero-order chi connectivity index (χ0) is 16.2. The van der Waals surface area contributed by atoms with Gasteiger partial charge in [0.2, 0.25) is 0 Å². The Kier molecular flexibility index (Phi) is 4.39. The van der Waals surface area contributed by atoms with Crippen molar-refractivity contribution in [2.75, 3.05) is 0 Å². The Hall–Kier alpha value is -2.66. The predicted molar refractivity (Wildman–Crippen MR) is 87.1 cm³/mol. The lowest BCUT2D eigenvalue weighted by atomic mass is 10.1. The van der Waals surface area contributed by atoms with Gasteiger partial charge in [0, 0.05) is 5.56 Å². The first-order valence-corrected chi connectivity index (χ1v) is 7.43. The fourth-order valence-corrected chi connectivity index (χ4v) is 2.34. The molecule has 1 amide bonds. The van der Waals surface area contributed by atoms with E-state index in [0.717, 1.165) is 11.1 Å². The third kappa shape index (κ3) is 3.57. The molecule has 0 aliphatic heterocycles. The predicted octanol–water partition coefficient (Wildman–Crippen LogP) is 3.63. The Bertz CT molecular complexity index is 845. The Morgan fingerprint density at radius 2 is 2.04 bits per heavy atom. The number of nitrogens with zero attached hydrogens (tertiary/aromatic N) is 2. The summed E-state index contributed by atoms with van der Waals surface area (Å²) in [6.07, 6.45) is 0. The highest BCUT2D eigenvalue weighted by molar-refractivity contribution is 6.33. The summed E-state index contributed by atoms with van der Waals surface area (Å²) in [6.45, 7) is 2.16. The van der Waals surface area contributed by atoms with E-state index in [1.54, 1.807) is 24.3 Å². The van der Waals surface area contributed by atoms with E-state index in [0.29, 0.717) is 22.3 Å². The summed E-state index contributed by atoms with van der Waals surface area (Å²) >= 11 is 5.99. The van der Waals surface area contributed by atoms with E-state index in [1.807, 2.05) is 31.2 Å². The minimum Gasteiger partial charge on any atom is -0.345 e. The number of carbonyl (C=O) groups excluding carboxylic acids is 1. The van der Waals surface area contributed by atoms with E-state index in [9.17, 15) is 4.79 Å². The van der Waals surface area contributed by atoms with Crippen molar-refractivity contribution in [1.82, 2.24) is 15.5 Å². The van der Waals surface area contributed by atoms with E-state index < -0.39 is 0 Å². The molecule has 3 aromatic rings. The van der Waals surface area contributed by atoms with Crippen LogP contribution in [0.2, 0.25) is 5.02 Å². The molecule has 6 heteroatoms. The van der Waals surface area contributed by atoms with Crippen LogP contribution < -0.4 is 5.32 Å². The van der Waals surface area contributed by atoms with Crippen molar-refractivity contribution in [3.63, 3.8) is 0 Å². The standard InChI is InChI=1S/C17H14ClN3O2/c1-11-5-4-6-12(9-11)17-20-15(21-23-17)10-19-16(22)13-7-2-3-8-14(13)18/h2-9H,10H2,1H3,(H,19,22). The van der Waals surface area contributed by atoms with Crippen molar-refractivity contribution in [2.24, 2.45) is 0 Å². The maximum atomic E-state index is 12.1. The quantitative estimate of drug-likeness (QED) is 0.794. The van der Waals surface area contributed by atoms with Crippen LogP contribution in [0.1, 0.15) is 21.7 Å². The first-order chi connectivity index (χ1) is 11.1. The smallest absolute Gasteiger partial charge is 0.257 e. The Balaban J connectivity index is 1.68. The lowest BCUT2D eigenvalue weighted by molar-refractivity contribution is 0.0950. The highest BCUT2D eigenvalue weighted by atomic mass is 35.5. The molecule has 0 radical (unpaired) electrons. The van der Waals surface area contributed by atoms with Crippen molar-refractivity contribution in [3.8, 4) is 11.5 Å². The van der Waals surface area contributed by atoms with Crippen LogP contribution in [0.4, 0.5) is 0 Å². The van der Waals surface area contributed by atoms with Gasteiger partial charge in [0.15, 0.2) is 5.82 Å². The topological polar surface area (TPSA) is 68.0 Å². The van der Waals surface area contributed by atoms with E-state index >= 15 is 0 Å². The Morgan fingerprint density at radius 3 is 2.83 bits per heavy atom. The maximum absolute atomic E-state index is 12.1. The number of carbonyl (C=O) groups is 1. The first kappa shape index (κ1) is 15.2. The number of amides is 1. The number of aromatic nitrogens is 2. The normalized spacial score (nSPS) is 10.5. The molecular formula is C17H14ClN3O2. The molecule has 5 nitrogen and oxygen atoms in total. The number of hydrogen-bond acceptors (Lipinski definition) is 4. The molecule has 2 aromatic carbocycles. The molecule has 1 heterocycles. The molecule has 0 unspecified atom stereocenters. The average molecular weight is 328 g/mol. The third-order valence-electron chi connectivity index (χ3n) is 3.26. The Morgan fingerprint density at radius 1 is 1.22 bits per heavy atom. The number of rotatable bonds is 4. The summed E-state index contributed by atoms with van der Waals surface area (Å²) in [4.78, 5) is 16.4. The molecule has 3 rings (SSSR count). The van der Waals surface area contributed by atoms with Gasteiger partial charge in [-0.1, -0.05) is 46.6 Å². The second-order valence-corrected chi connectivity index (χ2v) is 5.45. The third-order valence-corrected chi connectivity index (χ3v) is 3.59. The van der Waals surface area contributed by atoms with Crippen molar-refractivity contribution in [2.45, 2.75) is 13.5 Å². The maximum Gasteiger partial charge on any atom is 0.257 e. The van der Waals surface area contributed by atoms with Crippen LogP contribution in [0.3, 0.4) is 0 Å². The number of halogens is 1. The molecule has 0 aliphatic rings. The number of aryl methyl sites for hydroxylation is 1. The largest absolute Gasteiger partial charge is 0.345 e. The van der Waals surface area contributed by atoms with Crippen LogP contribution in [0, 0.1) is 6.92 Å². The molecule has 0 aliphatic carbocycles. The second kappa shape index (κ2) is 6.62. The van der Waals surface area contributed by atoms with E-state index in [1.165, 1.54) is 0 Å². The first-order valence-electron chi connectivity index (χ1n) is 7.06. The van der Waals surface area contributed by atoms with Gasteiger partial charge in [-0.05, 0) is 31.2 Å². The molecule has 1 aromatic heterocycles. The monoisotopic (exact) mass is 327 g/mol. The summed E-state index contributed by atoms with van der Waals surface area (Å²) in [5, 5.41) is 7.00. The van der Waals surface area contributed by atoms with Crippen molar-refractivity contribution in [3.05, 3.63) is 70.5 Å². The van der Waals surface area contributed by atoms with E-state index in [2.05, 4.69) is 15.5 Å². The number of hydrogen-bond donors (Lipinski definition) is 1. The van der Waals surface area contributed by atoms with Gasteiger partial charge in [-0.25, -0.2) is 0 Å². The minimum absolute atomic E-state index is 0.166. The highest BCUT2D eigenvalue weighted by Crippen LogP contribution is 2.18. The summed E-state index contributed by atoms with van der Waals surface area (Å²) < 4.78 is 5.23. The summed E-state index contributed by atoms with van der Waals surface area (Å²) in [5.41, 5.74) is 2.37. The lowest BCUT2D eigenvalue weighted by Crippen LogP contribution is -2.23. The van der Waals surface area contributed by atoms with Gasteiger partial charge in [0.1, 0.15) is 0 Å². The van der Waals surface area contributed by atoms with Crippen molar-refractivity contribution < 1.29 is 9.32 Å². The molecule has 0 saturated heterocycles. The molecule has 1 N–H and O–H groups in total. The molecular weight excluding hydrogens is 314 g/mol. The molecule has 0 fully saturated rings. The molecule has 0 spiro atoms. The van der Waals surface area contributed by atoms with Crippen LogP contribution >= 0.6 is 11.6 Å². The van der Waals surface area contributed by atoms with Gasteiger partial charge >= 0.3 is 0 Å². The summed E-state index contributed by atoms with van der Waals surface area (Å²) in [5.74, 6) is 0.551. The van der Waals surface area contributed by atoms with Gasteiger partial charge in [-0.2, -0.15) is 4.98 Å². The molecule has 0 bridgehead atoms.